The van der Waals surface area contributed by atoms with Crippen molar-refractivity contribution in [1.82, 2.24) is 0 Å². The maximum Gasteiger partial charge on any atom is 0.193 e. The summed E-state index contributed by atoms with van der Waals surface area (Å²) in [4.78, 5) is 12.5. The molecule has 23 heavy (non-hydrogen) atoms. The molecule has 0 N–H and O–H groups in total. The lowest BCUT2D eigenvalue weighted by atomic mass is 10.1. The highest BCUT2D eigenvalue weighted by atomic mass is 79.9. The van der Waals surface area contributed by atoms with Crippen molar-refractivity contribution in [2.75, 3.05) is 21.3 Å². The minimum absolute atomic E-state index is 0.204. The number of benzene rings is 2. The van der Waals surface area contributed by atoms with Gasteiger partial charge in [-0.1, -0.05) is 34.1 Å². The van der Waals surface area contributed by atoms with E-state index in [0.29, 0.717) is 22.8 Å². The molecule has 0 aliphatic rings. The molecule has 0 amide bonds. The first-order valence-electron chi connectivity index (χ1n) is 6.87. The van der Waals surface area contributed by atoms with Crippen molar-refractivity contribution >= 4 is 27.8 Å². The van der Waals surface area contributed by atoms with E-state index in [1.54, 1.807) is 25.3 Å². The van der Waals surface area contributed by atoms with Crippen molar-refractivity contribution in [2.24, 2.45) is 0 Å². The third-order valence-corrected chi connectivity index (χ3v) is 3.79. The maximum absolute atomic E-state index is 12.5. The van der Waals surface area contributed by atoms with E-state index in [-0.39, 0.29) is 5.78 Å². The van der Waals surface area contributed by atoms with E-state index >= 15 is 0 Å². The second-order valence-corrected chi connectivity index (χ2v) is 5.57. The molecule has 0 fully saturated rings. The number of hydrogen-bond acceptors (Lipinski definition) is 4. The molecule has 4 nitrogen and oxygen atoms in total. The molecule has 0 unspecified atom stereocenters. The Hall–Kier alpha value is -2.27. The number of rotatable bonds is 6. The average molecular weight is 377 g/mol. The Morgan fingerprint density at radius 1 is 0.957 bits per heavy atom. The fourth-order valence-electron chi connectivity index (χ4n) is 2.08. The van der Waals surface area contributed by atoms with Crippen LogP contribution in [0.25, 0.3) is 6.08 Å². The molecule has 0 bridgehead atoms. The molecule has 0 spiro atoms. The zero-order chi connectivity index (χ0) is 16.8. The Bertz CT molecular complexity index is 695. The lowest BCUT2D eigenvalue weighted by molar-refractivity contribution is 0.104. The molecule has 0 saturated heterocycles. The first-order valence-corrected chi connectivity index (χ1v) is 7.66. The van der Waals surface area contributed by atoms with Crippen molar-refractivity contribution in [3.63, 3.8) is 0 Å². The fraction of sp³-hybridized carbons (Fsp3) is 0.167. The van der Waals surface area contributed by atoms with E-state index in [0.717, 1.165) is 10.0 Å². The molecule has 0 aliphatic heterocycles. The van der Waals surface area contributed by atoms with Crippen LogP contribution in [0, 0.1) is 0 Å². The molecule has 0 atom stereocenters. The smallest absolute Gasteiger partial charge is 0.193 e. The molecule has 0 saturated carbocycles. The van der Waals surface area contributed by atoms with E-state index in [4.69, 9.17) is 14.2 Å². The highest BCUT2D eigenvalue weighted by Crippen LogP contribution is 2.34. The third kappa shape index (κ3) is 4.13. The Labute approximate surface area is 143 Å². The second kappa shape index (κ2) is 7.83. The first-order chi connectivity index (χ1) is 11.1. The molecule has 0 aliphatic carbocycles. The Kier molecular flexibility index (Phi) is 5.82. The molecule has 0 aromatic heterocycles. The van der Waals surface area contributed by atoms with Crippen molar-refractivity contribution in [3.05, 3.63) is 58.1 Å². The fourth-order valence-corrected chi connectivity index (χ4v) is 2.34. The standard InChI is InChI=1S/C18H17BrO4/c1-21-14-10-16(22-2)18(17(11-14)23-3)15(20)9-6-12-4-7-13(19)8-5-12/h4-11H,1-3H3/b9-6+. The number of halogens is 1. The summed E-state index contributed by atoms with van der Waals surface area (Å²) < 4.78 is 16.8. The number of ketones is 1. The maximum atomic E-state index is 12.5. The molecule has 120 valence electrons. The van der Waals surface area contributed by atoms with Gasteiger partial charge in [0.05, 0.1) is 21.3 Å². The highest BCUT2D eigenvalue weighted by Gasteiger charge is 2.18. The largest absolute Gasteiger partial charge is 0.496 e. The van der Waals surface area contributed by atoms with Gasteiger partial charge in [0.2, 0.25) is 0 Å². The molecular formula is C18H17BrO4. The topological polar surface area (TPSA) is 44.8 Å². The average Bonchev–Trinajstić information content (AvgIpc) is 2.59. The van der Waals surface area contributed by atoms with Gasteiger partial charge in [-0.3, -0.25) is 4.79 Å². The van der Waals surface area contributed by atoms with Crippen molar-refractivity contribution < 1.29 is 19.0 Å². The van der Waals surface area contributed by atoms with E-state index in [1.165, 1.54) is 20.3 Å². The normalized spacial score (nSPS) is 10.6. The Morgan fingerprint density at radius 3 is 2.00 bits per heavy atom. The van der Waals surface area contributed by atoms with E-state index < -0.39 is 0 Å². The highest BCUT2D eigenvalue weighted by molar-refractivity contribution is 9.10. The van der Waals surface area contributed by atoms with Crippen molar-refractivity contribution in [3.8, 4) is 17.2 Å². The van der Waals surface area contributed by atoms with Crippen LogP contribution in [0.1, 0.15) is 15.9 Å². The monoisotopic (exact) mass is 376 g/mol. The quantitative estimate of drug-likeness (QED) is 0.554. The van der Waals surface area contributed by atoms with Gasteiger partial charge in [0, 0.05) is 16.6 Å². The Morgan fingerprint density at radius 2 is 1.52 bits per heavy atom. The van der Waals surface area contributed by atoms with Crippen LogP contribution in [0.2, 0.25) is 0 Å². The van der Waals surface area contributed by atoms with E-state index in [2.05, 4.69) is 15.9 Å². The summed E-state index contributed by atoms with van der Waals surface area (Å²) in [5, 5.41) is 0. The summed E-state index contributed by atoms with van der Waals surface area (Å²) in [5.74, 6) is 1.18. The van der Waals surface area contributed by atoms with Crippen LogP contribution >= 0.6 is 15.9 Å². The molecule has 0 heterocycles. The first kappa shape index (κ1) is 17.1. The van der Waals surface area contributed by atoms with Crippen LogP contribution in [-0.2, 0) is 0 Å². The van der Waals surface area contributed by atoms with Gasteiger partial charge in [0.15, 0.2) is 5.78 Å². The number of carbonyl (C=O) groups excluding carboxylic acids is 1. The van der Waals surface area contributed by atoms with Crippen molar-refractivity contribution in [1.29, 1.82) is 0 Å². The van der Waals surface area contributed by atoms with Crippen molar-refractivity contribution in [2.45, 2.75) is 0 Å². The van der Waals surface area contributed by atoms with Crippen LogP contribution in [0.3, 0.4) is 0 Å². The van der Waals surface area contributed by atoms with Gasteiger partial charge in [-0.2, -0.15) is 0 Å². The molecule has 2 aromatic carbocycles. The number of hydrogen-bond donors (Lipinski definition) is 0. The number of methoxy groups -OCH3 is 3. The Balaban J connectivity index is 2.36. The SMILES string of the molecule is COc1cc(OC)c(C(=O)/C=C/c2ccc(Br)cc2)c(OC)c1. The molecule has 0 radical (unpaired) electrons. The van der Waals surface area contributed by atoms with Crippen LogP contribution in [-0.4, -0.2) is 27.1 Å². The summed E-state index contributed by atoms with van der Waals surface area (Å²) in [6, 6.07) is 11.0. The lowest BCUT2D eigenvalue weighted by Gasteiger charge is -2.13. The lowest BCUT2D eigenvalue weighted by Crippen LogP contribution is -2.03. The predicted molar refractivity (Wildman–Crippen MR) is 93.6 cm³/mol. The third-order valence-electron chi connectivity index (χ3n) is 3.26. The predicted octanol–water partition coefficient (Wildman–Crippen LogP) is 4.37. The van der Waals surface area contributed by atoms with Gasteiger partial charge in [-0.15, -0.1) is 0 Å². The van der Waals surface area contributed by atoms with E-state index in [9.17, 15) is 4.79 Å². The summed E-state index contributed by atoms with van der Waals surface area (Å²) in [7, 11) is 4.55. The van der Waals surface area contributed by atoms with Gasteiger partial charge in [0.1, 0.15) is 22.8 Å². The molecule has 2 rings (SSSR count). The minimum atomic E-state index is -0.204. The number of ether oxygens (including phenoxy) is 3. The molecule has 5 heteroatoms. The van der Waals surface area contributed by atoms with Crippen LogP contribution < -0.4 is 14.2 Å². The van der Waals surface area contributed by atoms with Gasteiger partial charge in [-0.25, -0.2) is 0 Å². The second-order valence-electron chi connectivity index (χ2n) is 4.66. The van der Waals surface area contributed by atoms with Gasteiger partial charge < -0.3 is 14.2 Å². The number of allylic oxidation sites excluding steroid dienone is 1. The zero-order valence-electron chi connectivity index (χ0n) is 13.1. The van der Waals surface area contributed by atoms with Gasteiger partial charge in [0.25, 0.3) is 0 Å². The summed E-state index contributed by atoms with van der Waals surface area (Å²) in [6.45, 7) is 0. The zero-order valence-corrected chi connectivity index (χ0v) is 14.7. The summed E-state index contributed by atoms with van der Waals surface area (Å²) >= 11 is 3.38. The molecule has 2 aromatic rings. The van der Waals surface area contributed by atoms with Crippen LogP contribution in [0.5, 0.6) is 17.2 Å². The summed E-state index contributed by atoms with van der Waals surface area (Å²) in [6.07, 6.45) is 3.24. The summed E-state index contributed by atoms with van der Waals surface area (Å²) in [5.41, 5.74) is 1.29. The number of carbonyl (C=O) groups is 1. The van der Waals surface area contributed by atoms with Gasteiger partial charge in [-0.05, 0) is 23.8 Å². The van der Waals surface area contributed by atoms with Gasteiger partial charge >= 0.3 is 0 Å². The van der Waals surface area contributed by atoms with Crippen LogP contribution in [0.4, 0.5) is 0 Å². The van der Waals surface area contributed by atoms with Crippen LogP contribution in [0.15, 0.2) is 46.9 Å². The van der Waals surface area contributed by atoms with E-state index in [1.807, 2.05) is 24.3 Å². The molecular weight excluding hydrogens is 360 g/mol. The minimum Gasteiger partial charge on any atom is -0.496 e.